The Kier molecular flexibility index (Phi) is 5.97. The number of halogens is 3. The summed E-state index contributed by atoms with van der Waals surface area (Å²) >= 11 is 9.51. The van der Waals surface area contributed by atoms with Gasteiger partial charge in [-0.1, -0.05) is 63.9 Å². The van der Waals surface area contributed by atoms with E-state index in [0.717, 1.165) is 27.7 Å². The standard InChI is InChI=1S/C27H20BrClFN3O3S/c28-18-7-4-8-20(14-18)37(34,35)27(30,26-33-32-25(36-26)11-16-5-2-1-3-6-16)17-12-21-22-15-19(29)9-10-23(22)31-24(21)13-17/h1-10,14-15,17,31H,11-13H2/t17-,27?/m0/s1. The zero-order chi connectivity index (χ0) is 25.8. The van der Waals surface area contributed by atoms with Crippen LogP contribution >= 0.6 is 27.5 Å². The van der Waals surface area contributed by atoms with Crippen molar-refractivity contribution >= 4 is 48.3 Å². The van der Waals surface area contributed by atoms with Crippen LogP contribution in [0.1, 0.15) is 28.6 Å². The van der Waals surface area contributed by atoms with Gasteiger partial charge >= 0.3 is 0 Å². The minimum atomic E-state index is -4.61. The van der Waals surface area contributed by atoms with Crippen molar-refractivity contribution in [1.29, 1.82) is 0 Å². The van der Waals surface area contributed by atoms with Gasteiger partial charge < -0.3 is 9.40 Å². The summed E-state index contributed by atoms with van der Waals surface area (Å²) in [4.78, 5) is 3.13. The molecule has 0 saturated carbocycles. The molecule has 6 rings (SSSR count). The summed E-state index contributed by atoms with van der Waals surface area (Å²) in [5.41, 5.74) is 3.38. The fraction of sp³-hybridized carbons (Fsp3) is 0.185. The highest BCUT2D eigenvalue weighted by molar-refractivity contribution is 9.10. The lowest BCUT2D eigenvalue weighted by atomic mass is 9.98. The Labute approximate surface area is 225 Å². The zero-order valence-electron chi connectivity index (χ0n) is 19.3. The first kappa shape index (κ1) is 24.3. The molecule has 3 aromatic carbocycles. The molecule has 6 nitrogen and oxygen atoms in total. The predicted octanol–water partition coefficient (Wildman–Crippen LogP) is 6.57. The number of aromatic amines is 1. The van der Waals surface area contributed by atoms with Gasteiger partial charge in [-0.2, -0.15) is 0 Å². The van der Waals surface area contributed by atoms with Crippen LogP contribution in [0.5, 0.6) is 0 Å². The van der Waals surface area contributed by atoms with E-state index in [0.29, 0.717) is 9.50 Å². The van der Waals surface area contributed by atoms with Crippen molar-refractivity contribution in [2.24, 2.45) is 5.92 Å². The second kappa shape index (κ2) is 9.08. The van der Waals surface area contributed by atoms with E-state index >= 15 is 4.39 Å². The van der Waals surface area contributed by atoms with Crippen LogP contribution in [0.3, 0.4) is 0 Å². The van der Waals surface area contributed by atoms with E-state index in [2.05, 4.69) is 31.1 Å². The molecule has 0 saturated heterocycles. The van der Waals surface area contributed by atoms with Crippen LogP contribution in [0.2, 0.25) is 5.02 Å². The van der Waals surface area contributed by atoms with Crippen LogP contribution < -0.4 is 0 Å². The first-order valence-electron chi connectivity index (χ1n) is 11.6. The topological polar surface area (TPSA) is 88.8 Å². The van der Waals surface area contributed by atoms with Crippen LogP contribution in [0, 0.1) is 5.92 Å². The van der Waals surface area contributed by atoms with Crippen molar-refractivity contribution in [2.45, 2.75) is 29.2 Å². The number of H-pyrrole nitrogens is 1. The average Bonchev–Trinajstić information content (AvgIpc) is 3.60. The lowest BCUT2D eigenvalue weighted by Crippen LogP contribution is -2.40. The first-order valence-corrected chi connectivity index (χ1v) is 14.3. The van der Waals surface area contributed by atoms with Gasteiger partial charge in [0.05, 0.1) is 11.3 Å². The Bertz CT molecular complexity index is 1740. The highest BCUT2D eigenvalue weighted by Gasteiger charge is 2.59. The third-order valence-electron chi connectivity index (χ3n) is 6.84. The molecule has 0 spiro atoms. The second-order valence-electron chi connectivity index (χ2n) is 9.15. The minimum absolute atomic E-state index is 0.140. The van der Waals surface area contributed by atoms with E-state index in [1.54, 1.807) is 18.2 Å². The lowest BCUT2D eigenvalue weighted by molar-refractivity contribution is 0.137. The van der Waals surface area contributed by atoms with Gasteiger partial charge in [-0.05, 0) is 60.4 Å². The zero-order valence-corrected chi connectivity index (χ0v) is 22.4. The third-order valence-corrected chi connectivity index (χ3v) is 9.73. The van der Waals surface area contributed by atoms with Gasteiger partial charge in [0.2, 0.25) is 15.7 Å². The Hall–Kier alpha value is -3.01. The van der Waals surface area contributed by atoms with Gasteiger partial charge in [0.1, 0.15) is 0 Å². The van der Waals surface area contributed by atoms with Gasteiger partial charge in [-0.3, -0.25) is 0 Å². The Morgan fingerprint density at radius 1 is 1.05 bits per heavy atom. The molecule has 0 aliphatic heterocycles. The lowest BCUT2D eigenvalue weighted by Gasteiger charge is -2.28. The van der Waals surface area contributed by atoms with Crippen molar-refractivity contribution in [2.75, 3.05) is 0 Å². The smallest absolute Gasteiger partial charge is 0.294 e. The molecule has 2 atom stereocenters. The van der Waals surface area contributed by atoms with Gasteiger partial charge in [0, 0.05) is 32.0 Å². The van der Waals surface area contributed by atoms with E-state index in [4.69, 9.17) is 16.0 Å². The molecule has 0 radical (unpaired) electrons. The van der Waals surface area contributed by atoms with Crippen LogP contribution in [-0.4, -0.2) is 23.6 Å². The van der Waals surface area contributed by atoms with Gasteiger partial charge in [0.15, 0.2) is 0 Å². The van der Waals surface area contributed by atoms with Gasteiger partial charge in [-0.15, -0.1) is 10.2 Å². The molecular weight excluding hydrogens is 581 g/mol. The Morgan fingerprint density at radius 2 is 1.86 bits per heavy atom. The van der Waals surface area contributed by atoms with Crippen molar-refractivity contribution in [3.05, 3.63) is 111 Å². The molecular formula is C27H20BrClFN3O3S. The van der Waals surface area contributed by atoms with Gasteiger partial charge in [0.25, 0.3) is 10.9 Å². The summed E-state index contributed by atoms with van der Waals surface area (Å²) < 4.78 is 51.7. The van der Waals surface area contributed by atoms with Crippen LogP contribution in [0.25, 0.3) is 10.9 Å². The normalized spacial score (nSPS) is 17.1. The molecule has 1 aliphatic rings. The predicted molar refractivity (Wildman–Crippen MR) is 142 cm³/mol. The summed E-state index contributed by atoms with van der Waals surface area (Å²) in [6.45, 7) is 0. The highest BCUT2D eigenvalue weighted by atomic mass is 79.9. The van der Waals surface area contributed by atoms with Crippen molar-refractivity contribution in [3.63, 3.8) is 0 Å². The molecule has 1 unspecified atom stereocenters. The number of nitrogens with one attached hydrogen (secondary N) is 1. The maximum absolute atomic E-state index is 17.5. The molecule has 0 bridgehead atoms. The summed E-state index contributed by atoms with van der Waals surface area (Å²) in [5.74, 6) is -1.41. The quantitative estimate of drug-likeness (QED) is 0.238. The Morgan fingerprint density at radius 3 is 2.65 bits per heavy atom. The largest absolute Gasteiger partial charge is 0.420 e. The van der Waals surface area contributed by atoms with Crippen molar-refractivity contribution in [1.82, 2.24) is 15.2 Å². The summed E-state index contributed by atoms with van der Waals surface area (Å²) in [5, 5.41) is 6.41. The van der Waals surface area contributed by atoms with Crippen LogP contribution in [-0.2, 0) is 34.1 Å². The van der Waals surface area contributed by atoms with Gasteiger partial charge in [-0.25, -0.2) is 12.8 Å². The summed E-state index contributed by atoms with van der Waals surface area (Å²) in [6.07, 6.45) is 0.575. The number of hydrogen-bond donors (Lipinski definition) is 1. The summed E-state index contributed by atoms with van der Waals surface area (Å²) in [7, 11) is -4.61. The molecule has 0 amide bonds. The molecule has 0 fully saturated rings. The summed E-state index contributed by atoms with van der Waals surface area (Å²) in [6, 6.07) is 20.8. The average molecular weight is 601 g/mol. The third kappa shape index (κ3) is 4.09. The highest BCUT2D eigenvalue weighted by Crippen LogP contribution is 2.49. The fourth-order valence-electron chi connectivity index (χ4n) is 5.06. The van der Waals surface area contributed by atoms with Crippen molar-refractivity contribution < 1.29 is 17.2 Å². The van der Waals surface area contributed by atoms with Crippen LogP contribution in [0.15, 0.2) is 86.6 Å². The molecule has 37 heavy (non-hydrogen) atoms. The first-order chi connectivity index (χ1) is 17.8. The molecule has 10 heteroatoms. The monoisotopic (exact) mass is 599 g/mol. The number of rotatable bonds is 6. The molecule has 1 aliphatic carbocycles. The van der Waals surface area contributed by atoms with E-state index in [-0.39, 0.29) is 30.0 Å². The number of benzene rings is 3. The van der Waals surface area contributed by atoms with Crippen LogP contribution in [0.4, 0.5) is 4.39 Å². The van der Waals surface area contributed by atoms with E-state index in [1.165, 1.54) is 12.1 Å². The van der Waals surface area contributed by atoms with Crippen molar-refractivity contribution in [3.8, 4) is 0 Å². The van der Waals surface area contributed by atoms with E-state index < -0.39 is 26.6 Å². The van der Waals surface area contributed by atoms with E-state index in [9.17, 15) is 8.42 Å². The minimum Gasteiger partial charge on any atom is -0.420 e. The molecule has 1 N–H and O–H groups in total. The molecule has 188 valence electrons. The second-order valence-corrected chi connectivity index (χ2v) is 12.6. The fourth-order valence-corrected chi connectivity index (χ4v) is 7.58. The Balaban J connectivity index is 1.45. The number of alkyl halides is 1. The maximum Gasteiger partial charge on any atom is 0.294 e. The molecule has 2 heterocycles. The molecule has 5 aromatic rings. The molecule has 2 aromatic heterocycles. The van der Waals surface area contributed by atoms with E-state index in [1.807, 2.05) is 42.5 Å². The number of nitrogens with zero attached hydrogens (tertiary/aromatic N) is 2. The number of aromatic nitrogens is 3. The number of fused-ring (bicyclic) bond motifs is 3. The maximum atomic E-state index is 17.5. The number of sulfone groups is 1. The SMILES string of the molecule is O=S(=O)(c1cccc(Br)c1)C(F)(c1nnc(Cc2ccccc2)o1)[C@@H]1Cc2[nH]c3ccc(Cl)cc3c2C1. The number of hydrogen-bond acceptors (Lipinski definition) is 5.